The highest BCUT2D eigenvalue weighted by Gasteiger charge is 2.27. The summed E-state index contributed by atoms with van der Waals surface area (Å²) in [5, 5.41) is 15.8. The molecule has 0 radical (unpaired) electrons. The zero-order chi connectivity index (χ0) is 20.8. The topological polar surface area (TPSA) is 131 Å². The van der Waals surface area contributed by atoms with E-state index in [1.165, 1.54) is 10.7 Å². The van der Waals surface area contributed by atoms with Crippen LogP contribution in [-0.2, 0) is 16.0 Å². The van der Waals surface area contributed by atoms with Gasteiger partial charge in [0.25, 0.3) is 11.8 Å². The number of carbonyl (C=O) groups is 3. The number of aromatic nitrogens is 2. The van der Waals surface area contributed by atoms with Gasteiger partial charge in [-0.3, -0.25) is 14.4 Å². The number of primary amides is 1. The van der Waals surface area contributed by atoms with Gasteiger partial charge in [-0.15, -0.1) is 0 Å². The summed E-state index contributed by atoms with van der Waals surface area (Å²) in [6.07, 6.45) is 0.0962. The minimum atomic E-state index is -1.15. The molecule has 0 unspecified atom stereocenters. The number of ketones is 1. The molecule has 1 heterocycles. The number of rotatable bonds is 7. The highest BCUT2D eigenvalue weighted by atomic mass is 16.2. The van der Waals surface area contributed by atoms with Crippen LogP contribution < -0.4 is 11.1 Å². The largest absolute Gasteiger partial charge is 0.363 e. The van der Waals surface area contributed by atoms with Crippen molar-refractivity contribution in [3.05, 3.63) is 83.7 Å². The van der Waals surface area contributed by atoms with Gasteiger partial charge in [-0.25, -0.2) is 4.68 Å². The first kappa shape index (κ1) is 19.5. The van der Waals surface area contributed by atoms with Gasteiger partial charge >= 0.3 is 0 Å². The molecule has 3 rings (SSSR count). The molecule has 2 aromatic carbocycles. The van der Waals surface area contributed by atoms with E-state index in [1.807, 2.05) is 12.1 Å². The van der Waals surface area contributed by atoms with Crippen molar-refractivity contribution in [1.82, 2.24) is 15.1 Å². The molecular weight excluding hydrogens is 370 g/mol. The van der Waals surface area contributed by atoms with Crippen molar-refractivity contribution in [3.63, 3.8) is 0 Å². The van der Waals surface area contributed by atoms with Crippen LogP contribution in [0.1, 0.15) is 21.7 Å². The zero-order valence-electron chi connectivity index (χ0n) is 15.3. The SMILES string of the molecule is N#Cc1cc(C(=O)N[C@@H](Cc2ccccc2)C(=O)C(N)=O)n(-c2ccccc2)n1. The van der Waals surface area contributed by atoms with Crippen LogP contribution in [0.4, 0.5) is 0 Å². The van der Waals surface area contributed by atoms with Gasteiger partial charge < -0.3 is 11.1 Å². The molecule has 0 fully saturated rings. The monoisotopic (exact) mass is 387 g/mol. The highest BCUT2D eigenvalue weighted by Crippen LogP contribution is 2.13. The van der Waals surface area contributed by atoms with E-state index < -0.39 is 23.6 Å². The lowest BCUT2D eigenvalue weighted by Crippen LogP contribution is -2.47. The molecule has 29 heavy (non-hydrogen) atoms. The average molecular weight is 387 g/mol. The normalized spacial score (nSPS) is 11.3. The van der Waals surface area contributed by atoms with Crippen LogP contribution >= 0.6 is 0 Å². The maximum absolute atomic E-state index is 12.9. The molecule has 0 saturated heterocycles. The molecule has 2 amide bonds. The van der Waals surface area contributed by atoms with Crippen LogP contribution in [0.3, 0.4) is 0 Å². The van der Waals surface area contributed by atoms with Crippen molar-refractivity contribution < 1.29 is 14.4 Å². The van der Waals surface area contributed by atoms with Gasteiger partial charge in [0.05, 0.1) is 5.69 Å². The average Bonchev–Trinajstić information content (AvgIpc) is 3.19. The van der Waals surface area contributed by atoms with Crippen molar-refractivity contribution in [2.24, 2.45) is 5.73 Å². The Balaban J connectivity index is 1.92. The lowest BCUT2D eigenvalue weighted by atomic mass is 10.0. The van der Waals surface area contributed by atoms with E-state index in [1.54, 1.807) is 54.6 Å². The van der Waals surface area contributed by atoms with Crippen LogP contribution in [0.15, 0.2) is 66.7 Å². The Morgan fingerprint density at radius 1 is 1.07 bits per heavy atom. The Kier molecular flexibility index (Phi) is 5.80. The van der Waals surface area contributed by atoms with E-state index in [0.717, 1.165) is 5.56 Å². The van der Waals surface area contributed by atoms with Gasteiger partial charge in [-0.2, -0.15) is 10.4 Å². The second kappa shape index (κ2) is 8.63. The summed E-state index contributed by atoms with van der Waals surface area (Å²) in [5.74, 6) is -2.70. The molecule has 8 heteroatoms. The van der Waals surface area contributed by atoms with E-state index in [-0.39, 0.29) is 17.8 Å². The molecule has 0 aliphatic carbocycles. The lowest BCUT2D eigenvalue weighted by molar-refractivity contribution is -0.137. The van der Waals surface area contributed by atoms with Gasteiger partial charge in [0.15, 0.2) is 5.69 Å². The number of benzene rings is 2. The first-order valence-electron chi connectivity index (χ1n) is 8.73. The highest BCUT2D eigenvalue weighted by molar-refractivity contribution is 6.38. The van der Waals surface area contributed by atoms with E-state index >= 15 is 0 Å². The van der Waals surface area contributed by atoms with Crippen molar-refractivity contribution in [2.75, 3.05) is 0 Å². The van der Waals surface area contributed by atoms with Crippen molar-refractivity contribution in [2.45, 2.75) is 12.5 Å². The molecule has 1 aromatic heterocycles. The molecule has 0 spiro atoms. The number of nitrogens with two attached hydrogens (primary N) is 1. The minimum Gasteiger partial charge on any atom is -0.363 e. The summed E-state index contributed by atoms with van der Waals surface area (Å²) in [5.41, 5.74) is 6.57. The van der Waals surface area contributed by atoms with Gasteiger partial charge in [0.1, 0.15) is 17.8 Å². The zero-order valence-corrected chi connectivity index (χ0v) is 15.3. The van der Waals surface area contributed by atoms with Gasteiger partial charge in [0, 0.05) is 12.5 Å². The van der Waals surface area contributed by atoms with Crippen molar-refractivity contribution >= 4 is 17.6 Å². The number of carbonyl (C=O) groups excluding carboxylic acids is 3. The second-order valence-corrected chi connectivity index (χ2v) is 6.22. The number of amides is 2. The second-order valence-electron chi connectivity index (χ2n) is 6.22. The third-order valence-corrected chi connectivity index (χ3v) is 4.20. The molecule has 0 bridgehead atoms. The van der Waals surface area contributed by atoms with E-state index in [2.05, 4.69) is 10.4 Å². The Morgan fingerprint density at radius 2 is 1.69 bits per heavy atom. The fourth-order valence-corrected chi connectivity index (χ4v) is 2.83. The Bertz CT molecular complexity index is 1080. The quantitative estimate of drug-likeness (QED) is 0.587. The summed E-state index contributed by atoms with van der Waals surface area (Å²) in [7, 11) is 0. The first-order chi connectivity index (χ1) is 14.0. The Labute approximate surface area is 166 Å². The molecule has 0 aliphatic heterocycles. The van der Waals surface area contributed by atoms with E-state index in [9.17, 15) is 14.4 Å². The number of Topliss-reactive ketones (excluding diaryl/α,β-unsaturated/α-hetero) is 1. The van der Waals surface area contributed by atoms with Crippen molar-refractivity contribution in [3.8, 4) is 11.8 Å². The van der Waals surface area contributed by atoms with E-state index in [0.29, 0.717) is 5.69 Å². The lowest BCUT2D eigenvalue weighted by Gasteiger charge is -2.17. The molecular formula is C21H17N5O3. The molecule has 3 N–H and O–H groups in total. The summed E-state index contributed by atoms with van der Waals surface area (Å²) < 4.78 is 1.31. The Morgan fingerprint density at radius 3 is 2.28 bits per heavy atom. The van der Waals surface area contributed by atoms with Crippen molar-refractivity contribution in [1.29, 1.82) is 5.26 Å². The van der Waals surface area contributed by atoms with Crippen LogP contribution in [0.25, 0.3) is 5.69 Å². The number of nitriles is 1. The fraction of sp³-hybridized carbons (Fsp3) is 0.0952. The predicted octanol–water partition coefficient (Wildman–Crippen LogP) is 1.14. The molecule has 8 nitrogen and oxygen atoms in total. The molecule has 144 valence electrons. The first-order valence-corrected chi connectivity index (χ1v) is 8.73. The number of hydrogen-bond donors (Lipinski definition) is 2. The summed E-state index contributed by atoms with van der Waals surface area (Å²) in [6, 6.07) is 19.8. The van der Waals surface area contributed by atoms with Gasteiger partial charge in [-0.05, 0) is 17.7 Å². The smallest absolute Gasteiger partial charge is 0.287 e. The molecule has 0 aliphatic rings. The van der Waals surface area contributed by atoms with Crippen LogP contribution in [0, 0.1) is 11.3 Å². The number of nitrogens with one attached hydrogen (secondary N) is 1. The number of hydrogen-bond acceptors (Lipinski definition) is 5. The summed E-state index contributed by atoms with van der Waals surface area (Å²) in [6.45, 7) is 0. The molecule has 3 aromatic rings. The van der Waals surface area contributed by atoms with Crippen LogP contribution in [0.2, 0.25) is 0 Å². The minimum absolute atomic E-state index is 0.0415. The standard InChI is InChI=1S/C21H17N5O3/c22-13-15-12-18(26(25-15)16-9-5-2-6-10-16)21(29)24-17(19(27)20(23)28)11-14-7-3-1-4-8-14/h1-10,12,17H,11H2,(H2,23,28)(H,24,29)/t17-/m0/s1. The fourth-order valence-electron chi connectivity index (χ4n) is 2.83. The maximum Gasteiger partial charge on any atom is 0.287 e. The molecule has 1 atom stereocenters. The van der Waals surface area contributed by atoms with E-state index in [4.69, 9.17) is 11.0 Å². The van der Waals surface area contributed by atoms with Gasteiger partial charge in [0.2, 0.25) is 5.78 Å². The summed E-state index contributed by atoms with van der Waals surface area (Å²) in [4.78, 5) is 36.6. The molecule has 0 saturated carbocycles. The number of nitrogens with zero attached hydrogens (tertiary/aromatic N) is 3. The third-order valence-electron chi connectivity index (χ3n) is 4.20. The Hall–Kier alpha value is -4.25. The number of para-hydroxylation sites is 1. The van der Waals surface area contributed by atoms with Crippen LogP contribution in [0.5, 0.6) is 0 Å². The van der Waals surface area contributed by atoms with Gasteiger partial charge in [-0.1, -0.05) is 48.5 Å². The van der Waals surface area contributed by atoms with Crippen LogP contribution in [-0.4, -0.2) is 33.4 Å². The predicted molar refractivity (Wildman–Crippen MR) is 104 cm³/mol. The maximum atomic E-state index is 12.9. The summed E-state index contributed by atoms with van der Waals surface area (Å²) >= 11 is 0. The third kappa shape index (κ3) is 4.54.